The predicted molar refractivity (Wildman–Crippen MR) is 115 cm³/mol. The van der Waals surface area contributed by atoms with Crippen LogP contribution in [-0.4, -0.2) is 92.9 Å². The van der Waals surface area contributed by atoms with Gasteiger partial charge in [0.1, 0.15) is 0 Å². The van der Waals surface area contributed by atoms with Gasteiger partial charge in [0.2, 0.25) is 10.0 Å². The number of likely N-dealkylation sites (tertiary alicyclic amines) is 1. The number of piperidine rings is 1. The van der Waals surface area contributed by atoms with Crippen molar-refractivity contribution in [1.82, 2.24) is 19.0 Å². The first-order chi connectivity index (χ1) is 13.8. The van der Waals surface area contributed by atoms with Gasteiger partial charge in [-0.05, 0) is 50.6 Å². The third-order valence-electron chi connectivity index (χ3n) is 5.73. The molecule has 0 spiro atoms. The minimum Gasteiger partial charge on any atom is -0.331 e. The molecule has 7 nitrogen and oxygen atoms in total. The summed E-state index contributed by atoms with van der Waals surface area (Å²) in [7, 11) is -0.139. The summed E-state index contributed by atoms with van der Waals surface area (Å²) in [4.78, 5) is 18.8. The maximum atomic E-state index is 13.0. The summed E-state index contributed by atoms with van der Waals surface area (Å²) in [6.45, 7) is 4.31. The van der Waals surface area contributed by atoms with Crippen molar-refractivity contribution in [1.29, 1.82) is 0 Å². The highest BCUT2D eigenvalue weighted by Crippen LogP contribution is 2.26. The monoisotopic (exact) mass is 442 g/mol. The van der Waals surface area contributed by atoms with Crippen LogP contribution >= 0.6 is 11.6 Å². The molecule has 1 atom stereocenters. The van der Waals surface area contributed by atoms with Crippen LogP contribution in [0.1, 0.15) is 25.7 Å². The highest BCUT2D eigenvalue weighted by atomic mass is 35.5. The molecule has 0 bridgehead atoms. The van der Waals surface area contributed by atoms with Gasteiger partial charge in [0.15, 0.2) is 0 Å². The fraction of sp³-hybridized carbons (Fsp3) is 0.650. The van der Waals surface area contributed by atoms with E-state index in [9.17, 15) is 13.2 Å². The molecule has 2 amide bonds. The lowest BCUT2D eigenvalue weighted by molar-refractivity contribution is 0.134. The van der Waals surface area contributed by atoms with E-state index >= 15 is 0 Å². The Balaban J connectivity index is 1.70. The Bertz CT molecular complexity index is 812. The lowest BCUT2D eigenvalue weighted by Gasteiger charge is -2.34. The van der Waals surface area contributed by atoms with E-state index in [4.69, 9.17) is 11.6 Å². The van der Waals surface area contributed by atoms with Gasteiger partial charge in [-0.25, -0.2) is 13.2 Å². The maximum Gasteiger partial charge on any atom is 0.319 e. The smallest absolute Gasteiger partial charge is 0.319 e. The number of carbonyl (C=O) groups excluding carboxylic acids is 1. The molecule has 0 radical (unpaired) electrons. The minimum atomic E-state index is -3.62. The zero-order valence-corrected chi connectivity index (χ0v) is 18.8. The second kappa shape index (κ2) is 9.64. The number of hydrogen-bond acceptors (Lipinski definition) is 4. The molecule has 29 heavy (non-hydrogen) atoms. The Hall–Kier alpha value is -1.35. The Morgan fingerprint density at radius 2 is 1.90 bits per heavy atom. The molecule has 1 aromatic carbocycles. The van der Waals surface area contributed by atoms with E-state index in [1.807, 2.05) is 4.90 Å². The van der Waals surface area contributed by atoms with Gasteiger partial charge in [-0.15, -0.1) is 0 Å². The number of sulfonamides is 1. The fourth-order valence-electron chi connectivity index (χ4n) is 4.08. The van der Waals surface area contributed by atoms with Crippen molar-refractivity contribution < 1.29 is 13.2 Å². The molecule has 2 heterocycles. The molecule has 0 aliphatic carbocycles. The number of urea groups is 1. The molecule has 0 N–H and O–H groups in total. The van der Waals surface area contributed by atoms with Crippen molar-refractivity contribution in [2.24, 2.45) is 0 Å². The molecule has 1 aromatic rings. The first-order valence-corrected chi connectivity index (χ1v) is 12.1. The number of nitrogens with zero attached hydrogens (tertiary/aromatic N) is 4. The molecule has 1 unspecified atom stereocenters. The van der Waals surface area contributed by atoms with Crippen molar-refractivity contribution in [3.63, 3.8) is 0 Å². The number of carbonyl (C=O) groups is 1. The zero-order valence-electron chi connectivity index (χ0n) is 17.3. The van der Waals surface area contributed by atoms with Gasteiger partial charge in [-0.2, -0.15) is 4.31 Å². The number of rotatable bonds is 6. The molecule has 2 aliphatic rings. The Morgan fingerprint density at radius 1 is 1.17 bits per heavy atom. The number of amides is 2. The molecule has 2 aliphatic heterocycles. The zero-order chi connectivity index (χ0) is 21.0. The molecule has 0 aromatic heterocycles. The van der Waals surface area contributed by atoms with Gasteiger partial charge in [0.05, 0.1) is 4.90 Å². The summed E-state index contributed by atoms with van der Waals surface area (Å²) >= 11 is 5.98. The van der Waals surface area contributed by atoms with Gasteiger partial charge in [-0.1, -0.05) is 24.1 Å². The molecule has 2 fully saturated rings. The van der Waals surface area contributed by atoms with Crippen LogP contribution in [0.4, 0.5) is 4.79 Å². The lowest BCUT2D eigenvalue weighted by atomic mass is 10.1. The van der Waals surface area contributed by atoms with Crippen molar-refractivity contribution in [2.75, 3.05) is 53.4 Å². The van der Waals surface area contributed by atoms with Crippen LogP contribution in [0.25, 0.3) is 0 Å². The topological polar surface area (TPSA) is 64.2 Å². The van der Waals surface area contributed by atoms with Crippen LogP contribution < -0.4 is 0 Å². The normalized spacial score (nSPS) is 21.3. The lowest BCUT2D eigenvalue weighted by Crippen LogP contribution is -2.50. The summed E-state index contributed by atoms with van der Waals surface area (Å²) < 4.78 is 27.5. The van der Waals surface area contributed by atoms with Crippen LogP contribution in [0.5, 0.6) is 0 Å². The van der Waals surface area contributed by atoms with Crippen molar-refractivity contribution >= 4 is 27.7 Å². The highest BCUT2D eigenvalue weighted by molar-refractivity contribution is 7.89. The van der Waals surface area contributed by atoms with Crippen LogP contribution in [-0.2, 0) is 10.0 Å². The molecule has 2 saturated heterocycles. The van der Waals surface area contributed by atoms with Crippen LogP contribution in [0.15, 0.2) is 29.2 Å². The van der Waals surface area contributed by atoms with E-state index in [-0.39, 0.29) is 17.0 Å². The van der Waals surface area contributed by atoms with E-state index in [1.165, 1.54) is 29.6 Å². The van der Waals surface area contributed by atoms with E-state index in [0.29, 0.717) is 31.1 Å². The van der Waals surface area contributed by atoms with Crippen LogP contribution in [0.3, 0.4) is 0 Å². The molecule has 162 valence electrons. The van der Waals surface area contributed by atoms with E-state index in [2.05, 4.69) is 4.90 Å². The molecular formula is C20H31ClN4O3S. The predicted octanol–water partition coefficient (Wildman–Crippen LogP) is 2.57. The largest absolute Gasteiger partial charge is 0.331 e. The summed E-state index contributed by atoms with van der Waals surface area (Å²) in [5.41, 5.74) is 0. The average Bonchev–Trinajstić information content (AvgIpc) is 3.19. The SMILES string of the molecule is CN(C)C(=O)N(CCN1CCCCC1)C1CCN(S(=O)(=O)c2cccc(Cl)c2)C1. The minimum absolute atomic E-state index is 0.0611. The van der Waals surface area contributed by atoms with Crippen molar-refractivity contribution in [3.8, 4) is 0 Å². The average molecular weight is 443 g/mol. The Morgan fingerprint density at radius 3 is 2.55 bits per heavy atom. The third-order valence-corrected chi connectivity index (χ3v) is 7.83. The van der Waals surface area contributed by atoms with Crippen molar-refractivity contribution in [2.45, 2.75) is 36.6 Å². The second-order valence-corrected chi connectivity index (χ2v) is 10.4. The highest BCUT2D eigenvalue weighted by Gasteiger charge is 2.37. The second-order valence-electron chi connectivity index (χ2n) is 8.04. The number of halogens is 1. The first-order valence-electron chi connectivity index (χ1n) is 10.2. The Kier molecular flexibility index (Phi) is 7.42. The van der Waals surface area contributed by atoms with E-state index in [1.54, 1.807) is 37.2 Å². The van der Waals surface area contributed by atoms with Crippen molar-refractivity contribution in [3.05, 3.63) is 29.3 Å². The van der Waals surface area contributed by atoms with Gasteiger partial charge in [0.25, 0.3) is 0 Å². The van der Waals surface area contributed by atoms with E-state index in [0.717, 1.165) is 19.6 Å². The van der Waals surface area contributed by atoms with Gasteiger partial charge in [-0.3, -0.25) is 0 Å². The van der Waals surface area contributed by atoms with Crippen LogP contribution in [0.2, 0.25) is 5.02 Å². The summed E-state index contributed by atoms with van der Waals surface area (Å²) in [5.74, 6) is 0. The van der Waals surface area contributed by atoms with Gasteiger partial charge in [0, 0.05) is 51.3 Å². The quantitative estimate of drug-likeness (QED) is 0.679. The van der Waals surface area contributed by atoms with Gasteiger partial charge < -0.3 is 14.7 Å². The number of benzene rings is 1. The molecule has 3 rings (SSSR count). The van der Waals surface area contributed by atoms with Gasteiger partial charge >= 0.3 is 6.03 Å². The summed E-state index contributed by atoms with van der Waals surface area (Å²) in [6.07, 6.45) is 4.32. The Labute approximate surface area is 179 Å². The third kappa shape index (κ3) is 5.42. The van der Waals surface area contributed by atoms with Crippen LogP contribution in [0, 0.1) is 0 Å². The maximum absolute atomic E-state index is 13.0. The molecular weight excluding hydrogens is 412 g/mol. The molecule has 9 heteroatoms. The van der Waals surface area contributed by atoms with E-state index < -0.39 is 10.0 Å². The standard InChI is InChI=1S/C20H31ClN4O3S/c1-22(2)20(26)25(14-13-23-10-4-3-5-11-23)18-9-12-24(16-18)29(27,28)19-8-6-7-17(21)15-19/h6-8,15,18H,3-5,9-14,16H2,1-2H3. The fourth-order valence-corrected chi connectivity index (χ4v) is 5.88. The molecule has 0 saturated carbocycles. The first kappa shape index (κ1) is 22.3. The summed E-state index contributed by atoms with van der Waals surface area (Å²) in [6, 6.07) is 6.16. The number of hydrogen-bond donors (Lipinski definition) is 0. The summed E-state index contributed by atoms with van der Waals surface area (Å²) in [5, 5.41) is 0.396.